The van der Waals surface area contributed by atoms with E-state index in [1.165, 1.54) is 17.4 Å². The van der Waals surface area contributed by atoms with Crippen molar-refractivity contribution >= 4 is 17.0 Å². The Balaban J connectivity index is 1.92. The topological polar surface area (TPSA) is 99.1 Å². The van der Waals surface area contributed by atoms with Crippen LogP contribution in [0.15, 0.2) is 12.7 Å². The first kappa shape index (κ1) is 10.3. The molecule has 7 heteroatoms. The number of hydrogen-bond acceptors (Lipinski definition) is 6. The largest absolute Gasteiger partial charge is 0.405 e. The zero-order valence-corrected chi connectivity index (χ0v) is 9.15. The third-order valence-electron chi connectivity index (χ3n) is 2.91. The second-order valence-corrected chi connectivity index (χ2v) is 4.17. The Hall–Kier alpha value is -1.89. The molecule has 2 aromatic rings. The fourth-order valence-corrected chi connectivity index (χ4v) is 1.79. The van der Waals surface area contributed by atoms with Gasteiger partial charge < -0.3 is 15.7 Å². The Morgan fingerprint density at radius 2 is 2.29 bits per heavy atom. The molecule has 0 unspecified atom stereocenters. The third kappa shape index (κ3) is 1.78. The van der Waals surface area contributed by atoms with E-state index in [2.05, 4.69) is 15.0 Å². The van der Waals surface area contributed by atoms with Gasteiger partial charge in [-0.3, -0.25) is 0 Å². The van der Waals surface area contributed by atoms with Crippen LogP contribution >= 0.6 is 0 Å². The standard InChI is InChI=1S/C10H13N5O2/c11-9-8-10(13-4-12-9)15(5-14-8)17-7(3-16)6-1-2-6/h4-7,16H,1-3H2,(H2,11,12,13)/t7-/m1/s1. The fourth-order valence-electron chi connectivity index (χ4n) is 1.79. The lowest BCUT2D eigenvalue weighted by Gasteiger charge is -2.15. The Morgan fingerprint density at radius 1 is 1.47 bits per heavy atom. The molecule has 3 rings (SSSR count). The molecular weight excluding hydrogens is 222 g/mol. The summed E-state index contributed by atoms with van der Waals surface area (Å²) in [4.78, 5) is 17.7. The Morgan fingerprint density at radius 3 is 3.00 bits per heavy atom. The van der Waals surface area contributed by atoms with Gasteiger partial charge >= 0.3 is 0 Å². The van der Waals surface area contributed by atoms with Gasteiger partial charge in [0.05, 0.1) is 6.61 Å². The highest BCUT2D eigenvalue weighted by Gasteiger charge is 2.33. The minimum Gasteiger partial charge on any atom is -0.405 e. The number of nitrogen functional groups attached to an aromatic ring is 1. The summed E-state index contributed by atoms with van der Waals surface area (Å²) in [6, 6.07) is 0. The van der Waals surface area contributed by atoms with E-state index >= 15 is 0 Å². The van der Waals surface area contributed by atoms with Crippen molar-refractivity contribution < 1.29 is 9.94 Å². The first-order chi connectivity index (χ1) is 8.29. The molecule has 1 atom stereocenters. The normalized spacial score (nSPS) is 17.2. The second kappa shape index (κ2) is 3.85. The summed E-state index contributed by atoms with van der Waals surface area (Å²) < 4.78 is 1.45. The van der Waals surface area contributed by atoms with Crippen molar-refractivity contribution in [3.05, 3.63) is 12.7 Å². The average Bonchev–Trinajstić information content (AvgIpc) is 3.09. The van der Waals surface area contributed by atoms with Crippen molar-refractivity contribution in [2.45, 2.75) is 18.9 Å². The Labute approximate surface area is 97.2 Å². The lowest BCUT2D eigenvalue weighted by molar-refractivity contribution is -0.00632. The number of aliphatic hydroxyl groups excluding tert-OH is 1. The molecule has 0 amide bonds. The summed E-state index contributed by atoms with van der Waals surface area (Å²) in [5.74, 6) is 0.751. The van der Waals surface area contributed by atoms with E-state index in [1.54, 1.807) is 0 Å². The third-order valence-corrected chi connectivity index (χ3v) is 2.91. The molecule has 0 spiro atoms. The molecule has 17 heavy (non-hydrogen) atoms. The van der Waals surface area contributed by atoms with Gasteiger partial charge in [0.25, 0.3) is 0 Å². The van der Waals surface area contributed by atoms with Crippen LogP contribution in [0.3, 0.4) is 0 Å². The number of imidazole rings is 1. The van der Waals surface area contributed by atoms with Gasteiger partial charge in [0.1, 0.15) is 12.7 Å². The van der Waals surface area contributed by atoms with Crippen LogP contribution in [-0.2, 0) is 0 Å². The van der Waals surface area contributed by atoms with E-state index in [4.69, 9.17) is 10.6 Å². The van der Waals surface area contributed by atoms with E-state index in [9.17, 15) is 5.11 Å². The first-order valence-corrected chi connectivity index (χ1v) is 5.51. The van der Waals surface area contributed by atoms with Gasteiger partial charge in [0.15, 0.2) is 17.4 Å². The predicted octanol–water partition coefficient (Wildman–Crippen LogP) is -0.392. The Bertz CT molecular complexity index is 536. The van der Waals surface area contributed by atoms with Crippen LogP contribution < -0.4 is 10.6 Å². The summed E-state index contributed by atoms with van der Waals surface area (Å²) in [6.45, 7) is -0.00902. The first-order valence-electron chi connectivity index (χ1n) is 5.51. The number of anilines is 1. The van der Waals surface area contributed by atoms with Crippen molar-refractivity contribution in [1.82, 2.24) is 19.7 Å². The number of aliphatic hydroxyl groups is 1. The molecule has 0 aromatic carbocycles. The molecule has 1 fully saturated rings. The molecule has 2 heterocycles. The molecule has 1 saturated carbocycles. The van der Waals surface area contributed by atoms with Crippen LogP contribution in [0.5, 0.6) is 0 Å². The summed E-state index contributed by atoms with van der Waals surface area (Å²) in [7, 11) is 0. The SMILES string of the molecule is Nc1ncnc2c1ncn2O[C@H](CO)C1CC1. The minimum atomic E-state index is -0.205. The fraction of sp³-hybridized carbons (Fsp3) is 0.500. The lowest BCUT2D eigenvalue weighted by Crippen LogP contribution is -2.30. The van der Waals surface area contributed by atoms with Crippen molar-refractivity contribution in [3.8, 4) is 0 Å². The van der Waals surface area contributed by atoms with Gasteiger partial charge in [-0.25, -0.2) is 15.0 Å². The number of nitrogens with zero attached hydrogens (tertiary/aromatic N) is 4. The summed E-state index contributed by atoms with van der Waals surface area (Å²) in [5.41, 5.74) is 6.71. The van der Waals surface area contributed by atoms with E-state index in [-0.39, 0.29) is 12.7 Å². The van der Waals surface area contributed by atoms with Gasteiger partial charge in [-0.2, -0.15) is 4.73 Å². The van der Waals surface area contributed by atoms with Gasteiger partial charge in [0.2, 0.25) is 5.65 Å². The van der Waals surface area contributed by atoms with Crippen LogP contribution in [0.2, 0.25) is 0 Å². The molecule has 0 aliphatic heterocycles. The highest BCUT2D eigenvalue weighted by atomic mass is 16.7. The molecule has 0 radical (unpaired) electrons. The minimum absolute atomic E-state index is 0.00902. The maximum absolute atomic E-state index is 9.25. The van der Waals surface area contributed by atoms with Crippen molar-refractivity contribution in [2.75, 3.05) is 12.3 Å². The molecule has 2 aromatic heterocycles. The van der Waals surface area contributed by atoms with Crippen LogP contribution in [0.4, 0.5) is 5.82 Å². The second-order valence-electron chi connectivity index (χ2n) is 4.17. The van der Waals surface area contributed by atoms with E-state index < -0.39 is 0 Å². The maximum Gasteiger partial charge on any atom is 0.201 e. The molecule has 7 nitrogen and oxygen atoms in total. The van der Waals surface area contributed by atoms with Gasteiger partial charge in [-0.15, -0.1) is 0 Å². The summed E-state index contributed by atoms with van der Waals surface area (Å²) in [6.07, 6.45) is 4.85. The molecule has 0 bridgehead atoms. The maximum atomic E-state index is 9.25. The van der Waals surface area contributed by atoms with E-state index in [0.717, 1.165) is 12.8 Å². The molecule has 3 N–H and O–H groups in total. The van der Waals surface area contributed by atoms with Gasteiger partial charge in [-0.1, -0.05) is 0 Å². The molecular formula is C10H13N5O2. The monoisotopic (exact) mass is 235 g/mol. The van der Waals surface area contributed by atoms with Crippen LogP contribution in [-0.4, -0.2) is 37.5 Å². The zero-order valence-electron chi connectivity index (χ0n) is 9.15. The number of fused-ring (bicyclic) bond motifs is 1. The quantitative estimate of drug-likeness (QED) is 0.748. The van der Waals surface area contributed by atoms with Crippen molar-refractivity contribution in [1.29, 1.82) is 0 Å². The smallest absolute Gasteiger partial charge is 0.201 e. The van der Waals surface area contributed by atoms with Crippen LogP contribution in [0.1, 0.15) is 12.8 Å². The predicted molar refractivity (Wildman–Crippen MR) is 59.9 cm³/mol. The van der Waals surface area contributed by atoms with E-state index in [0.29, 0.717) is 22.9 Å². The summed E-state index contributed by atoms with van der Waals surface area (Å²) in [5, 5.41) is 9.25. The summed E-state index contributed by atoms with van der Waals surface area (Å²) >= 11 is 0. The highest BCUT2D eigenvalue weighted by Crippen LogP contribution is 2.33. The molecule has 1 aliphatic rings. The molecule has 90 valence electrons. The number of hydrogen-bond donors (Lipinski definition) is 2. The van der Waals surface area contributed by atoms with Crippen LogP contribution in [0.25, 0.3) is 11.2 Å². The van der Waals surface area contributed by atoms with Gasteiger partial charge in [0, 0.05) is 5.92 Å². The Kier molecular flexibility index (Phi) is 2.32. The van der Waals surface area contributed by atoms with Gasteiger partial charge in [-0.05, 0) is 12.8 Å². The number of nitrogens with two attached hydrogens (primary N) is 1. The van der Waals surface area contributed by atoms with Crippen molar-refractivity contribution in [2.24, 2.45) is 5.92 Å². The number of rotatable bonds is 4. The highest BCUT2D eigenvalue weighted by molar-refractivity contribution is 5.80. The number of aromatic nitrogens is 4. The molecule has 0 saturated heterocycles. The molecule has 1 aliphatic carbocycles. The lowest BCUT2D eigenvalue weighted by atomic mass is 10.2. The van der Waals surface area contributed by atoms with Crippen LogP contribution in [0, 0.1) is 5.92 Å². The zero-order chi connectivity index (χ0) is 11.8. The average molecular weight is 235 g/mol. The van der Waals surface area contributed by atoms with E-state index in [1.807, 2.05) is 0 Å². The van der Waals surface area contributed by atoms with Crippen molar-refractivity contribution in [3.63, 3.8) is 0 Å².